The van der Waals surface area contributed by atoms with Crippen LogP contribution in [0.25, 0.3) is 0 Å². The summed E-state index contributed by atoms with van der Waals surface area (Å²) in [7, 11) is 0. The number of hydrogen-bond donors (Lipinski definition) is 2. The summed E-state index contributed by atoms with van der Waals surface area (Å²) in [4.78, 5) is 12.5. The number of rotatable bonds is 13. The van der Waals surface area contributed by atoms with E-state index in [1.54, 1.807) is 24.3 Å². The van der Waals surface area contributed by atoms with Crippen LogP contribution in [0.15, 0.2) is 78.9 Å². The molecule has 35 heavy (non-hydrogen) atoms. The zero-order chi connectivity index (χ0) is 24.7. The highest BCUT2D eigenvalue weighted by atomic mass is 32.1. The summed E-state index contributed by atoms with van der Waals surface area (Å²) in [6, 6.07) is 23.9. The highest BCUT2D eigenvalue weighted by Gasteiger charge is 2.09. The Morgan fingerprint density at radius 3 is 1.91 bits per heavy atom. The topological polar surface area (TPSA) is 68.8 Å². The normalized spacial score (nSPS) is 10.3. The van der Waals surface area contributed by atoms with Crippen molar-refractivity contribution in [3.63, 3.8) is 0 Å². The fourth-order valence-electron chi connectivity index (χ4n) is 3.23. The van der Waals surface area contributed by atoms with Crippen molar-refractivity contribution < 1.29 is 19.0 Å². The summed E-state index contributed by atoms with van der Waals surface area (Å²) < 4.78 is 17.0. The van der Waals surface area contributed by atoms with Gasteiger partial charge in [-0.25, -0.2) is 0 Å². The van der Waals surface area contributed by atoms with Crippen molar-refractivity contribution in [2.24, 2.45) is 0 Å². The second-order valence-electron chi connectivity index (χ2n) is 7.88. The van der Waals surface area contributed by atoms with Crippen molar-refractivity contribution in [2.75, 3.05) is 25.1 Å². The molecule has 0 atom stereocenters. The van der Waals surface area contributed by atoms with Gasteiger partial charge in [-0.3, -0.25) is 10.1 Å². The number of hydrogen-bond acceptors (Lipinski definition) is 5. The first-order chi connectivity index (χ1) is 17.1. The van der Waals surface area contributed by atoms with Crippen LogP contribution in [0.4, 0.5) is 5.69 Å². The van der Waals surface area contributed by atoms with E-state index in [1.165, 1.54) is 19.3 Å². The monoisotopic (exact) mass is 492 g/mol. The molecule has 0 bridgehead atoms. The number of carbonyl (C=O) groups excluding carboxylic acids is 1. The molecule has 0 aliphatic carbocycles. The lowest BCUT2D eigenvalue weighted by atomic mass is 10.2. The van der Waals surface area contributed by atoms with Gasteiger partial charge in [-0.15, -0.1) is 0 Å². The van der Waals surface area contributed by atoms with Gasteiger partial charge in [0, 0.05) is 11.3 Å². The first-order valence-electron chi connectivity index (χ1n) is 11.9. The van der Waals surface area contributed by atoms with Gasteiger partial charge >= 0.3 is 0 Å². The van der Waals surface area contributed by atoms with Crippen molar-refractivity contribution in [3.05, 3.63) is 84.4 Å². The highest BCUT2D eigenvalue weighted by molar-refractivity contribution is 7.80. The Labute approximate surface area is 212 Å². The molecule has 0 heterocycles. The molecule has 0 radical (unpaired) electrons. The van der Waals surface area contributed by atoms with Crippen molar-refractivity contribution in [2.45, 2.75) is 32.6 Å². The van der Waals surface area contributed by atoms with E-state index in [-0.39, 0.29) is 11.0 Å². The van der Waals surface area contributed by atoms with E-state index in [0.29, 0.717) is 31.1 Å². The van der Waals surface area contributed by atoms with Crippen LogP contribution in [-0.4, -0.2) is 30.8 Å². The number of anilines is 1. The lowest BCUT2D eigenvalue weighted by Gasteiger charge is -2.11. The molecule has 7 heteroatoms. The molecular weight excluding hydrogens is 460 g/mol. The number of para-hydroxylation sites is 1. The van der Waals surface area contributed by atoms with Crippen LogP contribution in [0.1, 0.15) is 43.0 Å². The van der Waals surface area contributed by atoms with Crippen molar-refractivity contribution in [3.8, 4) is 17.2 Å². The van der Waals surface area contributed by atoms with Crippen LogP contribution >= 0.6 is 12.2 Å². The summed E-state index contributed by atoms with van der Waals surface area (Å²) in [6.45, 7) is 3.73. The van der Waals surface area contributed by atoms with Crippen LogP contribution < -0.4 is 24.8 Å². The van der Waals surface area contributed by atoms with Gasteiger partial charge < -0.3 is 19.5 Å². The molecule has 2 N–H and O–H groups in total. The van der Waals surface area contributed by atoms with E-state index in [0.717, 1.165) is 23.6 Å². The van der Waals surface area contributed by atoms with Gasteiger partial charge in [-0.1, -0.05) is 44.4 Å². The Hall–Kier alpha value is -3.58. The third-order valence-electron chi connectivity index (χ3n) is 5.09. The molecule has 0 aliphatic heterocycles. The van der Waals surface area contributed by atoms with Gasteiger partial charge in [0.15, 0.2) is 5.11 Å². The fourth-order valence-corrected chi connectivity index (χ4v) is 3.44. The summed E-state index contributed by atoms with van der Waals surface area (Å²) in [5, 5.41) is 5.93. The second-order valence-corrected chi connectivity index (χ2v) is 8.28. The van der Waals surface area contributed by atoms with Crippen molar-refractivity contribution >= 4 is 28.9 Å². The molecule has 0 aliphatic rings. The Morgan fingerprint density at radius 1 is 0.714 bits per heavy atom. The summed E-state index contributed by atoms with van der Waals surface area (Å²) in [5.41, 5.74) is 1.25. The van der Waals surface area contributed by atoms with Crippen LogP contribution in [-0.2, 0) is 0 Å². The average molecular weight is 493 g/mol. The maximum atomic E-state index is 12.5. The fraction of sp³-hybridized carbons (Fsp3) is 0.286. The Morgan fingerprint density at radius 2 is 1.29 bits per heavy atom. The highest BCUT2D eigenvalue weighted by Crippen LogP contribution is 2.17. The average Bonchev–Trinajstić information content (AvgIpc) is 2.88. The molecule has 0 fully saturated rings. The van der Waals surface area contributed by atoms with E-state index in [2.05, 4.69) is 17.6 Å². The molecule has 0 spiro atoms. The summed E-state index contributed by atoms with van der Waals surface area (Å²) in [6.07, 6.45) is 4.68. The van der Waals surface area contributed by atoms with Gasteiger partial charge in [0.25, 0.3) is 5.91 Å². The van der Waals surface area contributed by atoms with E-state index in [1.807, 2.05) is 54.6 Å². The molecule has 3 aromatic rings. The SMILES string of the molecule is CCCCCCOc1ccc(NC(=S)NC(=O)c2ccc(OCCOc3ccccc3)cc2)cc1. The number of ether oxygens (including phenoxy) is 3. The maximum absolute atomic E-state index is 12.5. The predicted octanol–water partition coefficient (Wildman–Crippen LogP) is 6.23. The molecule has 0 aromatic heterocycles. The molecule has 3 aromatic carbocycles. The molecule has 0 saturated carbocycles. The Bertz CT molecular complexity index is 1040. The van der Waals surface area contributed by atoms with Crippen LogP contribution in [0.3, 0.4) is 0 Å². The maximum Gasteiger partial charge on any atom is 0.257 e. The first-order valence-corrected chi connectivity index (χ1v) is 12.3. The summed E-state index contributed by atoms with van der Waals surface area (Å²) in [5.74, 6) is 1.98. The third kappa shape index (κ3) is 9.66. The van der Waals surface area contributed by atoms with Crippen LogP contribution in [0.5, 0.6) is 17.2 Å². The van der Waals surface area contributed by atoms with Crippen molar-refractivity contribution in [1.29, 1.82) is 0 Å². The number of unbranched alkanes of at least 4 members (excludes halogenated alkanes) is 3. The van der Waals surface area contributed by atoms with Gasteiger partial charge in [-0.2, -0.15) is 0 Å². The lowest BCUT2D eigenvalue weighted by molar-refractivity contribution is 0.0977. The van der Waals surface area contributed by atoms with Crippen LogP contribution in [0.2, 0.25) is 0 Å². The van der Waals surface area contributed by atoms with Gasteiger partial charge in [0.1, 0.15) is 30.5 Å². The predicted molar refractivity (Wildman–Crippen MR) is 144 cm³/mol. The molecule has 3 rings (SSSR count). The zero-order valence-corrected chi connectivity index (χ0v) is 20.8. The minimum absolute atomic E-state index is 0.224. The number of thiocarbonyl (C=S) groups is 1. The molecule has 0 saturated heterocycles. The molecule has 0 unspecified atom stereocenters. The second kappa shape index (κ2) is 14.6. The molecular formula is C28H32N2O4S. The number of carbonyl (C=O) groups is 1. The van der Waals surface area contributed by atoms with E-state index in [4.69, 9.17) is 26.4 Å². The van der Waals surface area contributed by atoms with E-state index in [9.17, 15) is 4.79 Å². The molecule has 1 amide bonds. The smallest absolute Gasteiger partial charge is 0.257 e. The van der Waals surface area contributed by atoms with Crippen LogP contribution in [0, 0.1) is 0 Å². The summed E-state index contributed by atoms with van der Waals surface area (Å²) >= 11 is 5.28. The zero-order valence-electron chi connectivity index (χ0n) is 20.0. The minimum Gasteiger partial charge on any atom is -0.494 e. The number of nitrogens with one attached hydrogen (secondary N) is 2. The largest absolute Gasteiger partial charge is 0.494 e. The van der Waals surface area contributed by atoms with Gasteiger partial charge in [0.05, 0.1) is 6.61 Å². The van der Waals surface area contributed by atoms with Gasteiger partial charge in [-0.05, 0) is 79.3 Å². The third-order valence-corrected chi connectivity index (χ3v) is 5.29. The van der Waals surface area contributed by atoms with E-state index >= 15 is 0 Å². The molecule has 184 valence electrons. The number of amides is 1. The lowest BCUT2D eigenvalue weighted by Crippen LogP contribution is -2.34. The van der Waals surface area contributed by atoms with Crippen molar-refractivity contribution in [1.82, 2.24) is 5.32 Å². The van der Waals surface area contributed by atoms with Gasteiger partial charge in [0.2, 0.25) is 0 Å². The van der Waals surface area contributed by atoms with E-state index < -0.39 is 0 Å². The Balaban J connectivity index is 1.36. The minimum atomic E-state index is -0.298. The Kier molecular flexibility index (Phi) is 10.9. The number of benzene rings is 3. The first kappa shape index (κ1) is 26.0. The molecule has 6 nitrogen and oxygen atoms in total. The standard InChI is InChI=1S/C28H32N2O4S/c1-2-3-4-8-19-32-26-17-13-23(14-18-26)29-28(35)30-27(31)22-11-15-25(16-12-22)34-21-20-33-24-9-6-5-7-10-24/h5-7,9-18H,2-4,8,19-21H2,1H3,(H2,29,30,31,35). The quantitative estimate of drug-likeness (QED) is 0.218.